The number of nitrogens with zero attached hydrogens (tertiary/aromatic N) is 3. The molecule has 0 saturated heterocycles. The van der Waals surface area contributed by atoms with Crippen LogP contribution >= 0.6 is 0 Å². The van der Waals surface area contributed by atoms with E-state index in [9.17, 15) is 13.6 Å². The van der Waals surface area contributed by atoms with Crippen LogP contribution in [0.5, 0.6) is 5.75 Å². The fourth-order valence-corrected chi connectivity index (χ4v) is 5.30. The summed E-state index contributed by atoms with van der Waals surface area (Å²) in [7, 11) is 0. The molecule has 38 heavy (non-hydrogen) atoms. The van der Waals surface area contributed by atoms with Gasteiger partial charge in [-0.25, -0.2) is 18.6 Å². The second-order valence-corrected chi connectivity index (χ2v) is 9.83. The number of hydrogen-bond donors (Lipinski definition) is 1. The minimum Gasteiger partial charge on any atom is -0.488 e. The van der Waals surface area contributed by atoms with Gasteiger partial charge in [-0.05, 0) is 60.2 Å². The quantitative estimate of drug-likeness (QED) is 0.338. The zero-order valence-corrected chi connectivity index (χ0v) is 20.4. The van der Waals surface area contributed by atoms with E-state index in [1.54, 1.807) is 12.3 Å². The summed E-state index contributed by atoms with van der Waals surface area (Å²) in [6.45, 7) is 2.07. The maximum absolute atomic E-state index is 14.1. The van der Waals surface area contributed by atoms with Crippen LogP contribution in [0, 0.1) is 11.6 Å². The molecule has 9 heteroatoms. The van der Waals surface area contributed by atoms with Gasteiger partial charge in [-0.2, -0.15) is 0 Å². The van der Waals surface area contributed by atoms with Crippen LogP contribution in [0.15, 0.2) is 64.0 Å². The lowest BCUT2D eigenvalue weighted by Crippen LogP contribution is -2.02. The molecule has 1 N–H and O–H groups in total. The number of imidazole rings is 1. The van der Waals surface area contributed by atoms with E-state index in [1.165, 1.54) is 24.3 Å². The van der Waals surface area contributed by atoms with Crippen LogP contribution in [0.1, 0.15) is 65.1 Å². The molecule has 1 fully saturated rings. The van der Waals surface area contributed by atoms with Crippen molar-refractivity contribution in [3.8, 4) is 5.75 Å². The Labute approximate surface area is 215 Å². The van der Waals surface area contributed by atoms with E-state index in [1.807, 2.05) is 23.5 Å². The normalized spacial score (nSPS) is 16.1. The molecule has 1 aliphatic heterocycles. The Morgan fingerprint density at radius 3 is 2.68 bits per heavy atom. The summed E-state index contributed by atoms with van der Waals surface area (Å²) in [5.74, 6) is -0.258. The van der Waals surface area contributed by atoms with Crippen LogP contribution in [0.4, 0.5) is 8.78 Å². The molecular formula is C29H22F2N4O3. The second kappa shape index (κ2) is 8.51. The second-order valence-electron chi connectivity index (χ2n) is 9.83. The number of nitrogens with one attached hydrogen (secondary N) is 1. The van der Waals surface area contributed by atoms with Crippen molar-refractivity contribution < 1.29 is 18.0 Å². The lowest BCUT2D eigenvalue weighted by atomic mass is 9.89. The van der Waals surface area contributed by atoms with Crippen LogP contribution in [0.25, 0.3) is 16.8 Å². The van der Waals surface area contributed by atoms with Crippen molar-refractivity contribution >= 4 is 16.8 Å². The highest BCUT2D eigenvalue weighted by Crippen LogP contribution is 2.43. The first-order valence-corrected chi connectivity index (χ1v) is 12.4. The van der Waals surface area contributed by atoms with Crippen LogP contribution in [0.2, 0.25) is 0 Å². The highest BCUT2D eigenvalue weighted by molar-refractivity contribution is 5.99. The predicted molar refractivity (Wildman–Crippen MR) is 136 cm³/mol. The molecule has 0 spiro atoms. The van der Waals surface area contributed by atoms with Gasteiger partial charge in [-0.3, -0.25) is 9.51 Å². The van der Waals surface area contributed by atoms with Crippen LogP contribution < -0.4 is 10.5 Å². The first kappa shape index (κ1) is 22.7. The van der Waals surface area contributed by atoms with Crippen molar-refractivity contribution in [2.24, 2.45) is 0 Å². The number of allylic oxidation sites excluding steroid dienone is 1. The van der Waals surface area contributed by atoms with Crippen LogP contribution in [0.3, 0.4) is 0 Å². The molecular weight excluding hydrogens is 490 g/mol. The molecule has 7 rings (SSSR count). The van der Waals surface area contributed by atoms with Gasteiger partial charge in [0.05, 0.1) is 11.4 Å². The van der Waals surface area contributed by atoms with Crippen molar-refractivity contribution in [1.82, 2.24) is 19.5 Å². The van der Waals surface area contributed by atoms with E-state index in [2.05, 4.69) is 16.2 Å². The third-order valence-electron chi connectivity index (χ3n) is 7.26. The Kier molecular flexibility index (Phi) is 5.07. The maximum Gasteiger partial charge on any atom is 0.439 e. The smallest absolute Gasteiger partial charge is 0.439 e. The van der Waals surface area contributed by atoms with Crippen molar-refractivity contribution in [2.45, 2.75) is 38.7 Å². The van der Waals surface area contributed by atoms with Gasteiger partial charge in [0.25, 0.3) is 0 Å². The van der Waals surface area contributed by atoms with Crippen molar-refractivity contribution in [2.75, 3.05) is 0 Å². The average Bonchev–Trinajstić information content (AvgIpc) is 3.60. The van der Waals surface area contributed by atoms with E-state index < -0.39 is 11.6 Å². The number of hydrogen-bond acceptors (Lipinski definition) is 5. The first-order valence-electron chi connectivity index (χ1n) is 12.4. The first-order chi connectivity index (χ1) is 18.4. The highest BCUT2D eigenvalue weighted by Gasteiger charge is 2.30. The maximum atomic E-state index is 14.1. The number of aromatic amines is 1. The van der Waals surface area contributed by atoms with Gasteiger partial charge < -0.3 is 9.14 Å². The highest BCUT2D eigenvalue weighted by atomic mass is 19.1. The lowest BCUT2D eigenvalue weighted by Gasteiger charge is -2.14. The largest absolute Gasteiger partial charge is 0.488 e. The topological polar surface area (TPSA) is 85.4 Å². The van der Waals surface area contributed by atoms with E-state index in [4.69, 9.17) is 14.2 Å². The standard InChI is InChI=1S/C29H22F2N4O3/c1-15(28-33-29(36)38-34-28)26-21-6-2-16(10-18(21)14-37-24-12-19(30)5-7-22(24)26)11-23-27(17-3-4-17)32-25-13-20(31)8-9-35(23)25/h2,5-10,12-13,17H,3-4,11,14H2,1H3,(H,33,34,36). The summed E-state index contributed by atoms with van der Waals surface area (Å²) in [5, 5.41) is 3.87. The summed E-state index contributed by atoms with van der Waals surface area (Å²) >= 11 is 0. The van der Waals surface area contributed by atoms with Gasteiger partial charge >= 0.3 is 5.76 Å². The van der Waals surface area contributed by atoms with Crippen LogP contribution in [-0.4, -0.2) is 19.5 Å². The van der Waals surface area contributed by atoms with Crippen LogP contribution in [-0.2, 0) is 13.0 Å². The molecule has 0 radical (unpaired) electrons. The van der Waals surface area contributed by atoms with Gasteiger partial charge in [-0.15, -0.1) is 0 Å². The molecule has 0 unspecified atom stereocenters. The lowest BCUT2D eigenvalue weighted by molar-refractivity contribution is 0.305. The minimum absolute atomic E-state index is 0.236. The molecule has 0 amide bonds. The summed E-state index contributed by atoms with van der Waals surface area (Å²) in [5.41, 5.74) is 7.67. The molecule has 1 saturated carbocycles. The average molecular weight is 513 g/mol. The number of benzene rings is 2. The predicted octanol–water partition coefficient (Wildman–Crippen LogP) is 5.63. The van der Waals surface area contributed by atoms with E-state index in [0.717, 1.165) is 46.5 Å². The Morgan fingerprint density at radius 1 is 1.08 bits per heavy atom. The third kappa shape index (κ3) is 3.82. The molecule has 5 aromatic rings. The Balaban J connectivity index is 1.36. The summed E-state index contributed by atoms with van der Waals surface area (Å²) in [4.78, 5) is 19.0. The third-order valence-corrected chi connectivity index (χ3v) is 7.26. The van der Waals surface area contributed by atoms with Crippen molar-refractivity contribution in [3.05, 3.63) is 116 Å². The minimum atomic E-state index is -0.654. The molecule has 2 aromatic carbocycles. The van der Waals surface area contributed by atoms with E-state index in [0.29, 0.717) is 40.7 Å². The van der Waals surface area contributed by atoms with Gasteiger partial charge in [0.1, 0.15) is 29.6 Å². The van der Waals surface area contributed by atoms with Gasteiger partial charge in [0.15, 0.2) is 5.82 Å². The molecule has 0 atom stereocenters. The van der Waals surface area contributed by atoms with E-state index in [-0.39, 0.29) is 12.4 Å². The molecule has 7 nitrogen and oxygen atoms in total. The number of H-pyrrole nitrogens is 1. The Morgan fingerprint density at radius 2 is 1.89 bits per heavy atom. The number of pyridine rings is 1. The van der Waals surface area contributed by atoms with E-state index >= 15 is 0 Å². The van der Waals surface area contributed by atoms with Gasteiger partial charge in [0, 0.05) is 41.8 Å². The number of rotatable bonds is 4. The summed E-state index contributed by atoms with van der Waals surface area (Å²) in [6.07, 6.45) is 4.52. The number of ether oxygens (including phenoxy) is 1. The molecule has 190 valence electrons. The molecule has 2 aliphatic rings. The van der Waals surface area contributed by atoms with Crippen molar-refractivity contribution in [3.63, 3.8) is 0 Å². The summed E-state index contributed by atoms with van der Waals surface area (Å²) < 4.78 is 40.8. The number of aromatic nitrogens is 4. The SMILES string of the molecule is CC(=C1c2ccc(Cc3c(C4CC4)nc4cc(F)ccn34)cc2COc2cc(F)ccc21)c1noc(=O)[nH]1. The molecule has 1 aliphatic carbocycles. The monoisotopic (exact) mass is 512 g/mol. The van der Waals surface area contributed by atoms with Gasteiger partial charge in [0.2, 0.25) is 0 Å². The zero-order chi connectivity index (χ0) is 26.0. The Bertz CT molecular complexity index is 1830. The fourth-order valence-electron chi connectivity index (χ4n) is 5.30. The molecule has 3 aromatic heterocycles. The summed E-state index contributed by atoms with van der Waals surface area (Å²) in [6, 6.07) is 13.5. The van der Waals surface area contributed by atoms with Gasteiger partial charge in [-0.1, -0.05) is 23.4 Å². The zero-order valence-electron chi connectivity index (χ0n) is 20.4. The number of fused-ring (bicyclic) bond motifs is 3. The molecule has 4 heterocycles. The Hall–Kier alpha value is -4.53. The van der Waals surface area contributed by atoms with Crippen molar-refractivity contribution in [1.29, 1.82) is 0 Å². The fraction of sp³-hybridized carbons (Fsp3) is 0.207. The number of halogens is 2. The molecule has 0 bridgehead atoms.